The molecule has 1 N–H and O–H groups in total. The molecular formula is C23H21ClN2O3. The first-order valence-electron chi connectivity index (χ1n) is 9.05. The summed E-state index contributed by atoms with van der Waals surface area (Å²) in [7, 11) is 1.59. The summed E-state index contributed by atoms with van der Waals surface area (Å²) in [6, 6.07) is 13.1. The van der Waals surface area contributed by atoms with Crippen molar-refractivity contribution in [1.82, 2.24) is 4.98 Å². The Morgan fingerprint density at radius 1 is 1.10 bits per heavy atom. The van der Waals surface area contributed by atoms with Crippen LogP contribution in [0, 0.1) is 32.1 Å². The second-order valence-electron chi connectivity index (χ2n) is 6.87. The maximum absolute atomic E-state index is 12.1. The molecule has 0 amide bonds. The van der Waals surface area contributed by atoms with Crippen LogP contribution in [-0.2, 0) is 6.61 Å². The highest BCUT2D eigenvalue weighted by Gasteiger charge is 2.13. The molecule has 0 radical (unpaired) electrons. The van der Waals surface area contributed by atoms with Crippen molar-refractivity contribution < 1.29 is 9.47 Å². The molecule has 5 nitrogen and oxygen atoms in total. The van der Waals surface area contributed by atoms with Crippen molar-refractivity contribution in [3.63, 3.8) is 0 Å². The Morgan fingerprint density at radius 2 is 1.79 bits per heavy atom. The second kappa shape index (κ2) is 8.42. The highest BCUT2D eigenvalue weighted by Crippen LogP contribution is 2.30. The van der Waals surface area contributed by atoms with Crippen molar-refractivity contribution in [3.05, 3.63) is 79.7 Å². The molecule has 0 unspecified atom stereocenters. The number of pyridine rings is 1. The van der Waals surface area contributed by atoms with Crippen molar-refractivity contribution >= 4 is 11.6 Å². The van der Waals surface area contributed by atoms with Gasteiger partial charge in [0, 0.05) is 21.8 Å². The Balaban J connectivity index is 1.99. The summed E-state index contributed by atoms with van der Waals surface area (Å²) < 4.78 is 11.4. The van der Waals surface area contributed by atoms with Crippen molar-refractivity contribution in [2.45, 2.75) is 27.4 Å². The minimum absolute atomic E-state index is 0.0802. The minimum Gasteiger partial charge on any atom is -0.496 e. The van der Waals surface area contributed by atoms with Crippen LogP contribution in [0.3, 0.4) is 0 Å². The SMILES string of the molecule is COc1ccc(-c2cc(C)[nH]c(=O)c2C#N)cc1COc1cc(C)c(Cl)c(C)c1. The van der Waals surface area contributed by atoms with E-state index in [1.165, 1.54) is 0 Å². The molecule has 0 saturated heterocycles. The number of hydrogen-bond acceptors (Lipinski definition) is 4. The number of aromatic amines is 1. The lowest BCUT2D eigenvalue weighted by atomic mass is 9.99. The summed E-state index contributed by atoms with van der Waals surface area (Å²) in [6.07, 6.45) is 0. The summed E-state index contributed by atoms with van der Waals surface area (Å²) in [5.41, 5.74) is 4.39. The maximum Gasteiger partial charge on any atom is 0.266 e. The third kappa shape index (κ3) is 4.28. The molecular weight excluding hydrogens is 388 g/mol. The van der Waals surface area contributed by atoms with Crippen LogP contribution >= 0.6 is 11.6 Å². The number of aryl methyl sites for hydroxylation is 3. The van der Waals surface area contributed by atoms with Crippen LogP contribution in [-0.4, -0.2) is 12.1 Å². The Kier molecular flexibility index (Phi) is 5.95. The van der Waals surface area contributed by atoms with Crippen LogP contribution in [0.4, 0.5) is 0 Å². The standard InChI is InChI=1S/C23H21ClN2O3/c1-13-7-18(8-14(2)22(13)24)29-12-17-10-16(5-6-21(17)28-4)19-9-15(3)26-23(27)20(19)11-25/h5-10H,12H2,1-4H3,(H,26,27). The van der Waals surface area contributed by atoms with Crippen LogP contribution < -0.4 is 15.0 Å². The Bertz CT molecular complexity index is 1150. The minimum atomic E-state index is -0.400. The smallest absolute Gasteiger partial charge is 0.266 e. The zero-order chi connectivity index (χ0) is 21.1. The van der Waals surface area contributed by atoms with Crippen LogP contribution in [0.5, 0.6) is 11.5 Å². The van der Waals surface area contributed by atoms with E-state index in [4.69, 9.17) is 21.1 Å². The van der Waals surface area contributed by atoms with Gasteiger partial charge in [-0.3, -0.25) is 4.79 Å². The van der Waals surface area contributed by atoms with Gasteiger partial charge in [-0.25, -0.2) is 0 Å². The number of H-pyrrole nitrogens is 1. The number of nitrogens with one attached hydrogen (secondary N) is 1. The number of nitrogens with zero attached hydrogens (tertiary/aromatic N) is 1. The van der Waals surface area contributed by atoms with Gasteiger partial charge in [0.1, 0.15) is 29.7 Å². The molecule has 0 aliphatic heterocycles. The first kappa shape index (κ1) is 20.5. The maximum atomic E-state index is 12.1. The van der Waals surface area contributed by atoms with Crippen LogP contribution in [0.2, 0.25) is 5.02 Å². The molecule has 1 aromatic heterocycles. The van der Waals surface area contributed by atoms with Crippen molar-refractivity contribution in [3.8, 4) is 28.7 Å². The normalized spacial score (nSPS) is 10.5. The van der Waals surface area contributed by atoms with Gasteiger partial charge in [-0.1, -0.05) is 17.7 Å². The van der Waals surface area contributed by atoms with E-state index < -0.39 is 5.56 Å². The lowest BCUT2D eigenvalue weighted by molar-refractivity contribution is 0.296. The van der Waals surface area contributed by atoms with Gasteiger partial charge in [-0.15, -0.1) is 0 Å². The second-order valence-corrected chi connectivity index (χ2v) is 7.25. The van der Waals surface area contributed by atoms with Gasteiger partial charge in [-0.05, 0) is 67.8 Å². The molecule has 0 saturated carbocycles. The highest BCUT2D eigenvalue weighted by molar-refractivity contribution is 6.32. The molecule has 0 atom stereocenters. The number of aromatic nitrogens is 1. The largest absolute Gasteiger partial charge is 0.496 e. The molecule has 1 heterocycles. The predicted molar refractivity (Wildman–Crippen MR) is 114 cm³/mol. The highest BCUT2D eigenvalue weighted by atomic mass is 35.5. The van der Waals surface area contributed by atoms with E-state index >= 15 is 0 Å². The fourth-order valence-corrected chi connectivity index (χ4v) is 3.35. The Hall–Kier alpha value is -3.23. The molecule has 2 aromatic carbocycles. The van der Waals surface area contributed by atoms with Crippen LogP contribution in [0.15, 0.2) is 41.2 Å². The Morgan fingerprint density at radius 3 is 2.41 bits per heavy atom. The molecule has 0 bridgehead atoms. The van der Waals surface area contributed by atoms with Gasteiger partial charge < -0.3 is 14.5 Å². The van der Waals surface area contributed by atoms with Crippen molar-refractivity contribution in [2.24, 2.45) is 0 Å². The van der Waals surface area contributed by atoms with Crippen LogP contribution in [0.1, 0.15) is 27.9 Å². The quantitative estimate of drug-likeness (QED) is 0.638. The van der Waals surface area contributed by atoms with Gasteiger partial charge in [0.05, 0.1) is 7.11 Å². The van der Waals surface area contributed by atoms with E-state index in [9.17, 15) is 10.1 Å². The predicted octanol–water partition coefficient (Wildman–Crippen LogP) is 5.08. The number of ether oxygens (including phenoxy) is 2. The molecule has 148 valence electrons. The van der Waals surface area contributed by atoms with Crippen molar-refractivity contribution in [2.75, 3.05) is 7.11 Å². The average molecular weight is 409 g/mol. The van der Waals surface area contributed by atoms with E-state index in [0.717, 1.165) is 27.3 Å². The number of rotatable bonds is 5. The van der Waals surface area contributed by atoms with Gasteiger partial charge >= 0.3 is 0 Å². The van der Waals surface area contributed by atoms with Gasteiger partial charge in [0.2, 0.25) is 0 Å². The molecule has 0 aliphatic carbocycles. The van der Waals surface area contributed by atoms with E-state index in [2.05, 4.69) is 4.98 Å². The van der Waals surface area contributed by atoms with E-state index in [1.54, 1.807) is 20.1 Å². The van der Waals surface area contributed by atoms with Gasteiger partial charge in [-0.2, -0.15) is 5.26 Å². The molecule has 0 fully saturated rings. The van der Waals surface area contributed by atoms with Gasteiger partial charge in [0.25, 0.3) is 5.56 Å². The van der Waals surface area contributed by atoms with E-state index in [-0.39, 0.29) is 12.2 Å². The number of hydrogen-bond donors (Lipinski definition) is 1. The molecule has 3 aromatic rings. The van der Waals surface area contributed by atoms with Gasteiger partial charge in [0.15, 0.2) is 0 Å². The zero-order valence-corrected chi connectivity index (χ0v) is 17.5. The first-order chi connectivity index (χ1) is 13.8. The summed E-state index contributed by atoms with van der Waals surface area (Å²) >= 11 is 6.23. The summed E-state index contributed by atoms with van der Waals surface area (Å²) in [6.45, 7) is 5.91. The summed E-state index contributed by atoms with van der Waals surface area (Å²) in [5.74, 6) is 1.37. The lowest BCUT2D eigenvalue weighted by Crippen LogP contribution is -2.12. The first-order valence-corrected chi connectivity index (χ1v) is 9.42. The lowest BCUT2D eigenvalue weighted by Gasteiger charge is -2.14. The molecule has 29 heavy (non-hydrogen) atoms. The van der Waals surface area contributed by atoms with Crippen LogP contribution in [0.25, 0.3) is 11.1 Å². The topological polar surface area (TPSA) is 75.1 Å². The van der Waals surface area contributed by atoms with E-state index in [0.29, 0.717) is 22.8 Å². The molecule has 6 heteroatoms. The zero-order valence-electron chi connectivity index (χ0n) is 16.7. The number of halogens is 1. The summed E-state index contributed by atoms with van der Waals surface area (Å²) in [4.78, 5) is 14.8. The number of benzene rings is 2. The van der Waals surface area contributed by atoms with E-state index in [1.807, 2.05) is 50.2 Å². The molecule has 0 spiro atoms. The monoisotopic (exact) mass is 408 g/mol. The Labute approximate surface area is 174 Å². The average Bonchev–Trinajstić information content (AvgIpc) is 2.69. The third-order valence-corrected chi connectivity index (χ3v) is 5.27. The summed E-state index contributed by atoms with van der Waals surface area (Å²) in [5, 5.41) is 10.1. The molecule has 3 rings (SSSR count). The fraction of sp³-hybridized carbons (Fsp3) is 0.217. The van der Waals surface area contributed by atoms with Crippen molar-refractivity contribution in [1.29, 1.82) is 5.26 Å². The molecule has 0 aliphatic rings. The number of methoxy groups -OCH3 is 1. The number of nitriles is 1. The fourth-order valence-electron chi connectivity index (χ4n) is 3.24. The third-order valence-electron chi connectivity index (χ3n) is 4.68.